The molecule has 21 heavy (non-hydrogen) atoms. The molecule has 2 aliphatic rings. The van der Waals surface area contributed by atoms with Crippen LogP contribution in [-0.4, -0.2) is 34.7 Å². The number of thiophene rings is 1. The maximum Gasteiger partial charge on any atom is 0.0788 e. The largest absolute Gasteiger partial charge is 0.368 e. The van der Waals surface area contributed by atoms with Crippen LogP contribution in [0, 0.1) is 5.92 Å². The predicted octanol–water partition coefficient (Wildman–Crippen LogP) is 3.24. The number of hydrogen-bond donors (Lipinski definition) is 1. The zero-order chi connectivity index (χ0) is 15.3. The molecule has 1 aromatic heterocycles. The summed E-state index contributed by atoms with van der Waals surface area (Å²) >= 11 is 1.78. The van der Waals surface area contributed by atoms with Crippen molar-refractivity contribution in [2.75, 3.05) is 6.54 Å². The smallest absolute Gasteiger partial charge is 0.0788 e. The molecule has 0 spiro atoms. The molecule has 0 bridgehead atoms. The molecule has 118 valence electrons. The summed E-state index contributed by atoms with van der Waals surface area (Å²) in [6, 6.07) is 3.08. The molecule has 2 unspecified atom stereocenters. The first-order chi connectivity index (χ1) is 9.79. The first kappa shape index (κ1) is 15.5. The highest BCUT2D eigenvalue weighted by molar-refractivity contribution is 7.07. The summed E-state index contributed by atoms with van der Waals surface area (Å²) in [5.74, 6) is 0.381. The van der Waals surface area contributed by atoms with E-state index < -0.39 is 0 Å². The monoisotopic (exact) mass is 308 g/mol. The fourth-order valence-corrected chi connectivity index (χ4v) is 4.38. The summed E-state index contributed by atoms with van der Waals surface area (Å²) in [7, 11) is 0. The molecule has 1 aliphatic carbocycles. The van der Waals surface area contributed by atoms with Crippen LogP contribution in [0.1, 0.15) is 46.1 Å². The predicted molar refractivity (Wildman–Crippen MR) is 88.5 cm³/mol. The quantitative estimate of drug-likeness (QED) is 0.907. The van der Waals surface area contributed by atoms with Gasteiger partial charge in [-0.2, -0.15) is 11.3 Å². The van der Waals surface area contributed by atoms with Crippen LogP contribution in [0.15, 0.2) is 16.8 Å². The summed E-state index contributed by atoms with van der Waals surface area (Å²) in [5.41, 5.74) is 7.57. The second kappa shape index (κ2) is 5.34. The Morgan fingerprint density at radius 3 is 2.48 bits per heavy atom. The highest BCUT2D eigenvalue weighted by Gasteiger charge is 2.53. The van der Waals surface area contributed by atoms with Crippen LogP contribution in [0.5, 0.6) is 0 Å². The Balaban J connectivity index is 1.73. The first-order valence-electron chi connectivity index (χ1n) is 8.00. The van der Waals surface area contributed by atoms with Gasteiger partial charge in [0, 0.05) is 31.1 Å². The zero-order valence-corrected chi connectivity index (χ0v) is 14.5. The first-order valence-corrected chi connectivity index (χ1v) is 8.95. The number of rotatable bonds is 5. The van der Waals surface area contributed by atoms with Crippen molar-refractivity contribution >= 4 is 11.3 Å². The van der Waals surface area contributed by atoms with Crippen molar-refractivity contribution in [2.24, 2.45) is 11.7 Å². The van der Waals surface area contributed by atoms with E-state index in [1.165, 1.54) is 18.4 Å². The van der Waals surface area contributed by atoms with Crippen LogP contribution < -0.4 is 5.73 Å². The van der Waals surface area contributed by atoms with Crippen molar-refractivity contribution in [1.29, 1.82) is 0 Å². The molecular formula is C17H28N2OS. The molecule has 4 heteroatoms. The highest BCUT2D eigenvalue weighted by atomic mass is 32.1. The minimum Gasteiger partial charge on any atom is -0.368 e. The summed E-state index contributed by atoms with van der Waals surface area (Å²) in [6.45, 7) is 10.7. The van der Waals surface area contributed by atoms with Gasteiger partial charge in [0.2, 0.25) is 0 Å². The van der Waals surface area contributed by atoms with Crippen molar-refractivity contribution in [3.63, 3.8) is 0 Å². The second-order valence-electron chi connectivity index (χ2n) is 7.73. The van der Waals surface area contributed by atoms with E-state index in [2.05, 4.69) is 49.4 Å². The van der Waals surface area contributed by atoms with Crippen LogP contribution in [0.3, 0.4) is 0 Å². The Morgan fingerprint density at radius 2 is 2.00 bits per heavy atom. The summed E-state index contributed by atoms with van der Waals surface area (Å²) < 4.78 is 6.25. The number of nitrogens with two attached hydrogens (primary N) is 1. The summed E-state index contributed by atoms with van der Waals surface area (Å²) in [4.78, 5) is 2.62. The lowest BCUT2D eigenvalue weighted by molar-refractivity contribution is -0.0788. The van der Waals surface area contributed by atoms with Crippen molar-refractivity contribution in [1.82, 2.24) is 4.90 Å². The number of nitrogens with zero attached hydrogens (tertiary/aromatic N) is 1. The minimum atomic E-state index is -0.230. The molecular weight excluding hydrogens is 280 g/mol. The molecule has 2 fully saturated rings. The topological polar surface area (TPSA) is 38.5 Å². The fraction of sp³-hybridized carbons (Fsp3) is 0.765. The molecule has 1 aliphatic heterocycles. The number of ether oxygens (including phenoxy) is 1. The Hall–Kier alpha value is -0.420. The molecule has 0 radical (unpaired) electrons. The van der Waals surface area contributed by atoms with Crippen molar-refractivity contribution < 1.29 is 4.74 Å². The molecule has 0 amide bonds. The molecule has 2 N–H and O–H groups in total. The number of hydrogen-bond acceptors (Lipinski definition) is 4. The molecule has 3 rings (SSSR count). The van der Waals surface area contributed by atoms with E-state index in [1.54, 1.807) is 11.3 Å². The van der Waals surface area contributed by atoms with Gasteiger partial charge >= 0.3 is 0 Å². The molecule has 1 aromatic rings. The Morgan fingerprint density at radius 1 is 1.29 bits per heavy atom. The second-order valence-corrected chi connectivity index (χ2v) is 8.51. The SMILES string of the molecule is CC1(C)OC(C)(C)C(CN(Cc2ccsc2)C2CC2)C1N. The molecule has 0 aromatic carbocycles. The van der Waals surface area contributed by atoms with Crippen molar-refractivity contribution in [2.45, 2.75) is 70.4 Å². The van der Waals surface area contributed by atoms with E-state index in [9.17, 15) is 0 Å². The van der Waals surface area contributed by atoms with Gasteiger partial charge in [-0.25, -0.2) is 0 Å². The van der Waals surface area contributed by atoms with Gasteiger partial charge in [0.05, 0.1) is 11.2 Å². The van der Waals surface area contributed by atoms with Crippen LogP contribution in [-0.2, 0) is 11.3 Å². The van der Waals surface area contributed by atoms with E-state index in [4.69, 9.17) is 10.5 Å². The minimum absolute atomic E-state index is 0.0937. The third-order valence-electron chi connectivity index (χ3n) is 5.12. The normalized spacial score (nSPS) is 31.0. The van der Waals surface area contributed by atoms with Crippen LogP contribution in [0.2, 0.25) is 0 Å². The Bertz CT molecular complexity index is 479. The van der Waals surface area contributed by atoms with Gasteiger partial charge in [-0.15, -0.1) is 0 Å². The lowest BCUT2D eigenvalue weighted by Crippen LogP contribution is -2.48. The third kappa shape index (κ3) is 3.19. The molecule has 3 nitrogen and oxygen atoms in total. The highest BCUT2D eigenvalue weighted by Crippen LogP contribution is 2.43. The third-order valence-corrected chi connectivity index (χ3v) is 5.85. The summed E-state index contributed by atoms with van der Waals surface area (Å²) in [5, 5.41) is 4.42. The maximum absolute atomic E-state index is 6.53. The van der Waals surface area contributed by atoms with E-state index in [0.29, 0.717) is 5.92 Å². The summed E-state index contributed by atoms with van der Waals surface area (Å²) in [6.07, 6.45) is 2.66. The van der Waals surface area contributed by atoms with E-state index >= 15 is 0 Å². The fourth-order valence-electron chi connectivity index (χ4n) is 3.72. The molecule has 1 saturated carbocycles. The maximum atomic E-state index is 6.53. The molecule has 2 heterocycles. The van der Waals surface area contributed by atoms with E-state index in [0.717, 1.165) is 19.1 Å². The standard InChI is InChI=1S/C17H28N2OS/c1-16(2)14(15(18)17(3,4)20-16)10-19(13-5-6-13)9-12-7-8-21-11-12/h7-8,11,13-15H,5-6,9-10,18H2,1-4H3. The van der Waals surface area contributed by atoms with E-state index in [1.807, 2.05) is 0 Å². The van der Waals surface area contributed by atoms with Gasteiger partial charge in [0.25, 0.3) is 0 Å². The average Bonchev–Trinajstić information content (AvgIpc) is 3.06. The van der Waals surface area contributed by atoms with Crippen LogP contribution in [0.4, 0.5) is 0 Å². The lowest BCUT2D eigenvalue weighted by atomic mass is 9.82. The van der Waals surface area contributed by atoms with Crippen LogP contribution >= 0.6 is 11.3 Å². The molecule has 2 atom stereocenters. The van der Waals surface area contributed by atoms with Gasteiger partial charge in [0.1, 0.15) is 0 Å². The van der Waals surface area contributed by atoms with Gasteiger partial charge in [-0.1, -0.05) is 0 Å². The van der Waals surface area contributed by atoms with Gasteiger partial charge in [-0.3, -0.25) is 4.90 Å². The Kier molecular flexibility index (Phi) is 3.93. The van der Waals surface area contributed by atoms with Crippen molar-refractivity contribution in [3.05, 3.63) is 22.4 Å². The van der Waals surface area contributed by atoms with Gasteiger partial charge in [-0.05, 0) is 62.9 Å². The van der Waals surface area contributed by atoms with Crippen molar-refractivity contribution in [3.8, 4) is 0 Å². The van der Waals surface area contributed by atoms with Gasteiger partial charge < -0.3 is 10.5 Å². The zero-order valence-electron chi connectivity index (χ0n) is 13.6. The lowest BCUT2D eigenvalue weighted by Gasteiger charge is -2.33. The average molecular weight is 308 g/mol. The van der Waals surface area contributed by atoms with E-state index in [-0.39, 0.29) is 17.2 Å². The molecule has 1 saturated heterocycles. The van der Waals surface area contributed by atoms with Gasteiger partial charge in [0.15, 0.2) is 0 Å². The van der Waals surface area contributed by atoms with Crippen LogP contribution in [0.25, 0.3) is 0 Å². The Labute approximate surface area is 132 Å².